The molecule has 0 N–H and O–H groups in total. The van der Waals surface area contributed by atoms with Crippen LogP contribution in [0.1, 0.15) is 31.4 Å². The molecule has 0 unspecified atom stereocenters. The second-order valence-corrected chi connectivity index (χ2v) is 12.1. The molecule has 0 saturated carbocycles. The van der Waals surface area contributed by atoms with Crippen molar-refractivity contribution in [2.24, 2.45) is 0 Å². The van der Waals surface area contributed by atoms with Crippen molar-refractivity contribution in [2.75, 3.05) is 0 Å². The van der Waals surface area contributed by atoms with Gasteiger partial charge in [-0.15, -0.1) is 12.6 Å². The fourth-order valence-corrected chi connectivity index (χ4v) is 7.80. The standard InChI is InChI=1S/C22H26N2Si.C14H13B/c1-3-19(2)14-17-25-22(24-16-15-23-18-24,20-10-6-4-7-11-20)21-12-8-5-9-13-21;1-2-15(13-9-5-3-6-10-13)14-11-7-4-8-12-14/h4-16,18H,3,17,25H2,1-2H3;2-12H,1H2. The zero-order valence-corrected chi connectivity index (χ0v) is 25.1. The Bertz CT molecular complexity index is 1360. The fraction of sp³-hybridized carbons (Fsp3) is 0.139. The maximum atomic E-state index is 4.37. The van der Waals surface area contributed by atoms with Crippen LogP contribution in [0.5, 0.6) is 0 Å². The van der Waals surface area contributed by atoms with Gasteiger partial charge in [-0.3, -0.25) is 0 Å². The van der Waals surface area contributed by atoms with Crippen LogP contribution in [-0.2, 0) is 5.16 Å². The minimum atomic E-state index is -0.553. The highest BCUT2D eigenvalue weighted by Crippen LogP contribution is 2.34. The fourth-order valence-electron chi connectivity index (χ4n) is 5.25. The molecule has 0 aliphatic rings. The van der Waals surface area contributed by atoms with Crippen molar-refractivity contribution in [3.8, 4) is 0 Å². The number of aromatic nitrogens is 2. The molecule has 5 rings (SSSR count). The summed E-state index contributed by atoms with van der Waals surface area (Å²) in [6, 6.07) is 43.9. The number of rotatable bonds is 10. The van der Waals surface area contributed by atoms with Crippen LogP contribution in [-0.4, -0.2) is 25.8 Å². The molecule has 1 aromatic heterocycles. The van der Waals surface area contributed by atoms with Crippen molar-refractivity contribution >= 4 is 27.2 Å². The summed E-state index contributed by atoms with van der Waals surface area (Å²) >= 11 is 0. The van der Waals surface area contributed by atoms with E-state index >= 15 is 0 Å². The van der Waals surface area contributed by atoms with Gasteiger partial charge in [0.05, 0.1) is 21.0 Å². The molecule has 4 aromatic carbocycles. The third kappa shape index (κ3) is 7.08. The Balaban J connectivity index is 0.000000210. The van der Waals surface area contributed by atoms with Crippen molar-refractivity contribution in [1.82, 2.24) is 9.55 Å². The van der Waals surface area contributed by atoms with E-state index in [1.165, 1.54) is 33.7 Å². The molecule has 0 atom stereocenters. The van der Waals surface area contributed by atoms with Crippen LogP contribution >= 0.6 is 0 Å². The van der Waals surface area contributed by atoms with E-state index in [2.05, 4.69) is 151 Å². The van der Waals surface area contributed by atoms with Crippen LogP contribution in [0.3, 0.4) is 0 Å². The van der Waals surface area contributed by atoms with Gasteiger partial charge in [0.2, 0.25) is 6.71 Å². The second-order valence-electron chi connectivity index (χ2n) is 10.0. The molecule has 0 radical (unpaired) electrons. The lowest BCUT2D eigenvalue weighted by molar-refractivity contribution is 0.592. The molecule has 2 nitrogen and oxygen atoms in total. The van der Waals surface area contributed by atoms with E-state index < -0.39 is 9.52 Å². The molecule has 4 heteroatoms. The Morgan fingerprint density at radius 2 is 1.27 bits per heavy atom. The lowest BCUT2D eigenvalue weighted by Crippen LogP contribution is -2.41. The average molecular weight is 539 g/mol. The quantitative estimate of drug-likeness (QED) is 0.145. The van der Waals surface area contributed by atoms with Crippen LogP contribution in [0, 0.1) is 0 Å². The van der Waals surface area contributed by atoms with Gasteiger partial charge in [0.25, 0.3) is 0 Å². The van der Waals surface area contributed by atoms with E-state index in [1.54, 1.807) is 0 Å². The first-order valence-electron chi connectivity index (χ1n) is 14.2. The number of allylic oxidation sites excluding steroid dienone is 2. The van der Waals surface area contributed by atoms with Crippen LogP contribution < -0.4 is 10.9 Å². The lowest BCUT2D eigenvalue weighted by atomic mass is 9.41. The third-order valence-corrected chi connectivity index (χ3v) is 10.0. The zero-order chi connectivity index (χ0) is 28.0. The van der Waals surface area contributed by atoms with E-state index in [-0.39, 0.29) is 5.16 Å². The number of hydrogen-bond donors (Lipinski definition) is 0. The highest BCUT2D eigenvalue weighted by molar-refractivity contribution is 6.89. The predicted octanol–water partition coefficient (Wildman–Crippen LogP) is 6.60. The van der Waals surface area contributed by atoms with E-state index in [0.717, 1.165) is 6.42 Å². The first-order valence-corrected chi connectivity index (χ1v) is 15.9. The lowest BCUT2D eigenvalue weighted by Gasteiger charge is -2.36. The largest absolute Gasteiger partial charge is 0.327 e. The first kappa shape index (κ1) is 28.8. The minimum Gasteiger partial charge on any atom is -0.327 e. The van der Waals surface area contributed by atoms with Gasteiger partial charge in [-0.1, -0.05) is 151 Å². The average Bonchev–Trinajstić information content (AvgIpc) is 3.58. The molecule has 0 bridgehead atoms. The number of benzene rings is 4. The third-order valence-electron chi connectivity index (χ3n) is 7.56. The zero-order valence-electron chi connectivity index (χ0n) is 23.7. The number of hydrogen-bond acceptors (Lipinski definition) is 1. The van der Waals surface area contributed by atoms with E-state index in [9.17, 15) is 0 Å². The maximum Gasteiger partial charge on any atom is 0.233 e. The van der Waals surface area contributed by atoms with Crippen LogP contribution in [0.15, 0.2) is 164 Å². The summed E-state index contributed by atoms with van der Waals surface area (Å²) in [4.78, 5) is 4.37. The molecule has 0 saturated heterocycles. The molecule has 0 aliphatic carbocycles. The summed E-state index contributed by atoms with van der Waals surface area (Å²) in [5.74, 6) is 1.99. The van der Waals surface area contributed by atoms with Gasteiger partial charge in [-0.05, 0) is 30.5 Å². The normalized spacial score (nSPS) is 11.6. The topological polar surface area (TPSA) is 17.8 Å². The molecule has 5 aromatic rings. The highest BCUT2D eigenvalue weighted by Gasteiger charge is 2.35. The Morgan fingerprint density at radius 3 is 1.68 bits per heavy atom. The first-order chi connectivity index (χ1) is 19.7. The highest BCUT2D eigenvalue weighted by atomic mass is 28.2. The number of imidazole rings is 1. The maximum absolute atomic E-state index is 4.37. The molecular formula is C36H39BN2Si. The minimum absolute atomic E-state index is 0.108. The van der Waals surface area contributed by atoms with Gasteiger partial charge in [0, 0.05) is 12.4 Å². The molecule has 200 valence electrons. The van der Waals surface area contributed by atoms with Gasteiger partial charge >= 0.3 is 0 Å². The van der Waals surface area contributed by atoms with Crippen LogP contribution in [0.25, 0.3) is 0 Å². The van der Waals surface area contributed by atoms with Gasteiger partial charge in [0.1, 0.15) is 0 Å². The van der Waals surface area contributed by atoms with Crippen molar-refractivity contribution in [2.45, 2.75) is 31.5 Å². The van der Waals surface area contributed by atoms with Gasteiger partial charge in [-0.25, -0.2) is 4.98 Å². The smallest absolute Gasteiger partial charge is 0.233 e. The van der Waals surface area contributed by atoms with Crippen LogP contribution in [0.2, 0.25) is 6.04 Å². The SMILES string of the molecule is C=CB(c1ccccc1)c1ccccc1.CCC(C)=CC[SiH2]C(c1ccccc1)(c1ccccc1)n1ccnc1. The van der Waals surface area contributed by atoms with Gasteiger partial charge < -0.3 is 4.57 Å². The molecule has 0 amide bonds. The van der Waals surface area contributed by atoms with Gasteiger partial charge in [-0.2, -0.15) is 0 Å². The van der Waals surface area contributed by atoms with Crippen molar-refractivity contribution in [3.63, 3.8) is 0 Å². The van der Waals surface area contributed by atoms with Crippen molar-refractivity contribution in [1.29, 1.82) is 0 Å². The molecule has 0 aliphatic heterocycles. The number of nitrogens with zero attached hydrogens (tertiary/aromatic N) is 2. The van der Waals surface area contributed by atoms with Crippen molar-refractivity contribution in [3.05, 3.63) is 175 Å². The summed E-state index contributed by atoms with van der Waals surface area (Å²) in [7, 11) is -0.553. The van der Waals surface area contributed by atoms with Crippen LogP contribution in [0.4, 0.5) is 0 Å². The summed E-state index contributed by atoms with van der Waals surface area (Å²) in [6.07, 6.45) is 9.54. The molecule has 0 spiro atoms. The Morgan fingerprint density at radius 1 is 0.800 bits per heavy atom. The van der Waals surface area contributed by atoms with Crippen molar-refractivity contribution < 1.29 is 0 Å². The predicted molar refractivity (Wildman–Crippen MR) is 177 cm³/mol. The Labute approximate surface area is 243 Å². The molecule has 0 fully saturated rings. The van der Waals surface area contributed by atoms with Gasteiger partial charge in [0.15, 0.2) is 0 Å². The second kappa shape index (κ2) is 14.9. The molecular weight excluding hydrogens is 499 g/mol. The summed E-state index contributed by atoms with van der Waals surface area (Å²) in [5, 5.41) is -0.108. The summed E-state index contributed by atoms with van der Waals surface area (Å²) in [6.45, 7) is 8.67. The Kier molecular flexibility index (Phi) is 10.7. The van der Waals surface area contributed by atoms with E-state index in [1.807, 2.05) is 30.6 Å². The van der Waals surface area contributed by atoms with E-state index in [0.29, 0.717) is 6.71 Å². The monoisotopic (exact) mass is 538 g/mol. The van der Waals surface area contributed by atoms with E-state index in [4.69, 9.17) is 0 Å². The summed E-state index contributed by atoms with van der Waals surface area (Å²) < 4.78 is 2.32. The Hall–Kier alpha value is -4.15. The molecule has 40 heavy (non-hydrogen) atoms. The summed E-state index contributed by atoms with van der Waals surface area (Å²) in [5.41, 5.74) is 6.77. The molecule has 1 heterocycles.